The van der Waals surface area contributed by atoms with Crippen LogP contribution in [0.15, 0.2) is 11.6 Å². The van der Waals surface area contributed by atoms with Gasteiger partial charge >= 0.3 is 5.97 Å². The van der Waals surface area contributed by atoms with E-state index < -0.39 is 0 Å². The van der Waals surface area contributed by atoms with Gasteiger partial charge in [0.15, 0.2) is 0 Å². The molecule has 0 atom stereocenters. The third kappa shape index (κ3) is 9.21. The SMILES string of the molecule is CCC(=CCNCCC(=O)NCCOC)C(=O)OC. The van der Waals surface area contributed by atoms with Gasteiger partial charge < -0.3 is 20.1 Å². The Kier molecular flexibility index (Phi) is 10.8. The number of carbonyl (C=O) groups is 2. The van der Waals surface area contributed by atoms with Crippen molar-refractivity contribution in [3.05, 3.63) is 11.6 Å². The van der Waals surface area contributed by atoms with Gasteiger partial charge in [0.1, 0.15) is 0 Å². The van der Waals surface area contributed by atoms with Crippen LogP contribution in [-0.2, 0) is 19.1 Å². The van der Waals surface area contributed by atoms with Crippen molar-refractivity contribution in [2.45, 2.75) is 19.8 Å². The number of carbonyl (C=O) groups excluding carboxylic acids is 2. The molecule has 0 saturated heterocycles. The Balaban J connectivity index is 3.71. The van der Waals surface area contributed by atoms with Gasteiger partial charge in [0.05, 0.1) is 13.7 Å². The second-order valence-electron chi connectivity index (χ2n) is 3.87. The first-order valence-corrected chi connectivity index (χ1v) is 6.39. The van der Waals surface area contributed by atoms with E-state index in [2.05, 4.69) is 15.4 Å². The minimum atomic E-state index is -0.304. The molecule has 0 aliphatic rings. The zero-order valence-corrected chi connectivity index (χ0v) is 12.0. The minimum absolute atomic E-state index is 0.0165. The average molecular weight is 272 g/mol. The van der Waals surface area contributed by atoms with E-state index in [0.29, 0.717) is 44.7 Å². The molecule has 0 aromatic rings. The van der Waals surface area contributed by atoms with Crippen molar-refractivity contribution < 1.29 is 19.1 Å². The number of amides is 1. The maximum Gasteiger partial charge on any atom is 0.333 e. The molecular weight excluding hydrogens is 248 g/mol. The Morgan fingerprint density at radius 1 is 1.21 bits per heavy atom. The number of rotatable bonds is 10. The maximum absolute atomic E-state index is 11.3. The van der Waals surface area contributed by atoms with E-state index in [-0.39, 0.29) is 11.9 Å². The topological polar surface area (TPSA) is 76.7 Å². The molecule has 0 radical (unpaired) electrons. The van der Waals surface area contributed by atoms with E-state index in [1.165, 1.54) is 7.11 Å². The first-order valence-electron chi connectivity index (χ1n) is 6.39. The van der Waals surface area contributed by atoms with E-state index in [1.54, 1.807) is 13.2 Å². The lowest BCUT2D eigenvalue weighted by atomic mass is 10.2. The van der Waals surface area contributed by atoms with Crippen LogP contribution in [0.2, 0.25) is 0 Å². The van der Waals surface area contributed by atoms with Crippen LogP contribution >= 0.6 is 0 Å². The molecule has 0 unspecified atom stereocenters. The zero-order valence-electron chi connectivity index (χ0n) is 12.0. The fourth-order valence-corrected chi connectivity index (χ4v) is 1.38. The standard InChI is InChI=1S/C13H24N2O4/c1-4-11(13(17)19-3)5-7-14-8-6-12(16)15-9-10-18-2/h5,14H,4,6-10H2,1-3H3,(H,15,16). The van der Waals surface area contributed by atoms with Crippen molar-refractivity contribution in [3.8, 4) is 0 Å². The number of esters is 1. The van der Waals surface area contributed by atoms with Crippen LogP contribution in [-0.4, -0.2) is 52.3 Å². The molecule has 0 rings (SSSR count). The van der Waals surface area contributed by atoms with Crippen molar-refractivity contribution in [1.29, 1.82) is 0 Å². The van der Waals surface area contributed by atoms with E-state index in [9.17, 15) is 9.59 Å². The van der Waals surface area contributed by atoms with Crippen LogP contribution in [0.1, 0.15) is 19.8 Å². The molecule has 19 heavy (non-hydrogen) atoms. The highest BCUT2D eigenvalue weighted by Gasteiger charge is 2.05. The lowest BCUT2D eigenvalue weighted by Crippen LogP contribution is -2.30. The van der Waals surface area contributed by atoms with Gasteiger partial charge in [-0.3, -0.25) is 4.79 Å². The normalized spacial score (nSPS) is 11.2. The molecule has 0 heterocycles. The summed E-state index contributed by atoms with van der Waals surface area (Å²) in [6, 6.07) is 0. The monoisotopic (exact) mass is 272 g/mol. The third-order valence-corrected chi connectivity index (χ3v) is 2.48. The summed E-state index contributed by atoms with van der Waals surface area (Å²) in [5.41, 5.74) is 0.638. The maximum atomic E-state index is 11.3. The van der Waals surface area contributed by atoms with Gasteiger partial charge in [0.2, 0.25) is 5.91 Å². The van der Waals surface area contributed by atoms with Crippen LogP contribution in [0.25, 0.3) is 0 Å². The predicted molar refractivity (Wildman–Crippen MR) is 72.8 cm³/mol. The largest absolute Gasteiger partial charge is 0.466 e. The molecule has 0 saturated carbocycles. The highest BCUT2D eigenvalue weighted by Crippen LogP contribution is 2.01. The highest BCUT2D eigenvalue weighted by molar-refractivity contribution is 5.88. The summed E-state index contributed by atoms with van der Waals surface area (Å²) in [7, 11) is 2.95. The second kappa shape index (κ2) is 11.7. The van der Waals surface area contributed by atoms with Gasteiger partial charge in [0, 0.05) is 38.7 Å². The Hall–Kier alpha value is -1.40. The van der Waals surface area contributed by atoms with Crippen molar-refractivity contribution in [2.24, 2.45) is 0 Å². The van der Waals surface area contributed by atoms with E-state index in [4.69, 9.17) is 4.74 Å². The first kappa shape index (κ1) is 17.6. The molecule has 0 spiro atoms. The fraction of sp³-hybridized carbons (Fsp3) is 0.692. The number of methoxy groups -OCH3 is 2. The van der Waals surface area contributed by atoms with Crippen LogP contribution < -0.4 is 10.6 Å². The van der Waals surface area contributed by atoms with Gasteiger partial charge in [0.25, 0.3) is 0 Å². The van der Waals surface area contributed by atoms with Crippen molar-refractivity contribution in [1.82, 2.24) is 10.6 Å². The molecule has 0 fully saturated rings. The van der Waals surface area contributed by atoms with Crippen LogP contribution in [0.3, 0.4) is 0 Å². The molecule has 0 aromatic carbocycles. The van der Waals surface area contributed by atoms with Gasteiger partial charge in [-0.05, 0) is 6.42 Å². The van der Waals surface area contributed by atoms with Gasteiger partial charge in [-0.2, -0.15) is 0 Å². The summed E-state index contributed by atoms with van der Waals surface area (Å²) in [6.07, 6.45) is 2.82. The summed E-state index contributed by atoms with van der Waals surface area (Å²) in [6.45, 7) is 4.04. The highest BCUT2D eigenvalue weighted by atomic mass is 16.5. The average Bonchev–Trinajstić information content (AvgIpc) is 2.42. The summed E-state index contributed by atoms with van der Waals surface area (Å²) in [4.78, 5) is 22.6. The van der Waals surface area contributed by atoms with E-state index in [1.807, 2.05) is 6.92 Å². The van der Waals surface area contributed by atoms with Gasteiger partial charge in [-0.1, -0.05) is 13.0 Å². The second-order valence-corrected chi connectivity index (χ2v) is 3.87. The van der Waals surface area contributed by atoms with Crippen molar-refractivity contribution in [3.63, 3.8) is 0 Å². The molecule has 0 bridgehead atoms. The Labute approximate surface area is 114 Å². The number of hydrogen-bond donors (Lipinski definition) is 2. The Morgan fingerprint density at radius 3 is 2.53 bits per heavy atom. The number of nitrogens with one attached hydrogen (secondary N) is 2. The molecule has 6 nitrogen and oxygen atoms in total. The van der Waals surface area contributed by atoms with Crippen molar-refractivity contribution in [2.75, 3.05) is 40.5 Å². The van der Waals surface area contributed by atoms with Crippen LogP contribution in [0.5, 0.6) is 0 Å². The van der Waals surface area contributed by atoms with Crippen LogP contribution in [0.4, 0.5) is 0 Å². The predicted octanol–water partition coefficient (Wildman–Crippen LogP) is 0.238. The van der Waals surface area contributed by atoms with E-state index in [0.717, 1.165) is 0 Å². The lowest BCUT2D eigenvalue weighted by molar-refractivity contribution is -0.136. The summed E-state index contributed by atoms with van der Waals surface area (Å²) in [5, 5.41) is 5.80. The quantitative estimate of drug-likeness (QED) is 0.338. The first-order chi connectivity index (χ1) is 9.15. The molecule has 110 valence electrons. The van der Waals surface area contributed by atoms with Crippen LogP contribution in [0, 0.1) is 0 Å². The van der Waals surface area contributed by atoms with Gasteiger partial charge in [-0.25, -0.2) is 4.79 Å². The molecule has 0 aromatic heterocycles. The lowest BCUT2D eigenvalue weighted by Gasteiger charge is -2.05. The number of ether oxygens (including phenoxy) is 2. The molecule has 0 aliphatic carbocycles. The zero-order chi connectivity index (χ0) is 14.5. The molecular formula is C13H24N2O4. The van der Waals surface area contributed by atoms with Gasteiger partial charge in [-0.15, -0.1) is 0 Å². The minimum Gasteiger partial charge on any atom is -0.466 e. The summed E-state index contributed by atoms with van der Waals surface area (Å²) >= 11 is 0. The Bertz CT molecular complexity index is 303. The third-order valence-electron chi connectivity index (χ3n) is 2.48. The van der Waals surface area contributed by atoms with E-state index >= 15 is 0 Å². The fourth-order valence-electron chi connectivity index (χ4n) is 1.38. The summed E-state index contributed by atoms with van der Waals surface area (Å²) in [5.74, 6) is -0.321. The van der Waals surface area contributed by atoms with Crippen molar-refractivity contribution >= 4 is 11.9 Å². The molecule has 2 N–H and O–H groups in total. The summed E-state index contributed by atoms with van der Waals surface area (Å²) < 4.78 is 9.47. The number of hydrogen-bond acceptors (Lipinski definition) is 5. The molecule has 6 heteroatoms. The molecule has 1 amide bonds. The Morgan fingerprint density at radius 2 is 1.95 bits per heavy atom. The smallest absolute Gasteiger partial charge is 0.333 e. The molecule has 0 aliphatic heterocycles.